The van der Waals surface area contributed by atoms with Crippen LogP contribution in [0.1, 0.15) is 21.5 Å². The van der Waals surface area contributed by atoms with Gasteiger partial charge in [0.25, 0.3) is 5.91 Å². The highest BCUT2D eigenvalue weighted by Crippen LogP contribution is 2.22. The summed E-state index contributed by atoms with van der Waals surface area (Å²) in [4.78, 5) is 17.8. The lowest BCUT2D eigenvalue weighted by Gasteiger charge is -2.08. The van der Waals surface area contributed by atoms with E-state index in [4.69, 9.17) is 16.3 Å². The maximum Gasteiger partial charge on any atom is 0.281 e. The smallest absolute Gasteiger partial charge is 0.281 e. The Morgan fingerprint density at radius 1 is 1.06 bits per heavy atom. The monoisotopic (exact) mass is 432 g/mol. The number of nitrogens with zero attached hydrogens (tertiary/aromatic N) is 3. The number of anilines is 1. The third-order valence-electron chi connectivity index (χ3n) is 4.78. The van der Waals surface area contributed by atoms with Gasteiger partial charge in [-0.25, -0.2) is 0 Å². The molecule has 0 aliphatic carbocycles. The number of nitrogens with one attached hydrogen (secondary N) is 1. The molecule has 4 aromatic rings. The fourth-order valence-electron chi connectivity index (χ4n) is 3.11. The molecule has 1 N–H and O–H groups in total. The summed E-state index contributed by atoms with van der Waals surface area (Å²) >= 11 is 5.97. The fraction of sp³-hybridized carbons (Fsp3) is 0.125. The van der Waals surface area contributed by atoms with Crippen LogP contribution in [-0.2, 0) is 6.54 Å². The molecular formula is C24H21ClN4O2. The predicted molar refractivity (Wildman–Crippen MR) is 122 cm³/mol. The van der Waals surface area contributed by atoms with Crippen LogP contribution >= 0.6 is 11.6 Å². The first-order chi connectivity index (χ1) is 15.0. The molecule has 0 aliphatic rings. The van der Waals surface area contributed by atoms with E-state index in [1.165, 1.54) is 4.68 Å². The maximum absolute atomic E-state index is 13.2. The Hall–Kier alpha value is -3.64. The molecular weight excluding hydrogens is 412 g/mol. The van der Waals surface area contributed by atoms with Crippen molar-refractivity contribution in [1.82, 2.24) is 14.8 Å². The third kappa shape index (κ3) is 4.75. The molecule has 4 rings (SSSR count). The van der Waals surface area contributed by atoms with Crippen LogP contribution in [0, 0.1) is 6.92 Å². The molecule has 31 heavy (non-hydrogen) atoms. The van der Waals surface area contributed by atoms with Gasteiger partial charge in [0.15, 0.2) is 5.82 Å². The van der Waals surface area contributed by atoms with Crippen molar-refractivity contribution in [3.63, 3.8) is 0 Å². The van der Waals surface area contributed by atoms with E-state index in [-0.39, 0.29) is 5.91 Å². The van der Waals surface area contributed by atoms with Crippen LogP contribution in [0.3, 0.4) is 0 Å². The number of methoxy groups -OCH3 is 1. The molecule has 0 saturated heterocycles. The van der Waals surface area contributed by atoms with Crippen LogP contribution in [0.25, 0.3) is 11.4 Å². The average Bonchev–Trinajstić information content (AvgIpc) is 3.22. The Morgan fingerprint density at radius 2 is 1.81 bits per heavy atom. The van der Waals surface area contributed by atoms with Crippen molar-refractivity contribution in [2.24, 2.45) is 0 Å². The number of carbonyl (C=O) groups excluding carboxylic acids is 1. The van der Waals surface area contributed by atoms with Crippen LogP contribution < -0.4 is 10.1 Å². The highest BCUT2D eigenvalue weighted by Gasteiger charge is 2.19. The summed E-state index contributed by atoms with van der Waals surface area (Å²) in [6.07, 6.45) is 0. The topological polar surface area (TPSA) is 69.0 Å². The van der Waals surface area contributed by atoms with Gasteiger partial charge in [-0.3, -0.25) is 4.79 Å². The fourth-order valence-corrected chi connectivity index (χ4v) is 3.24. The van der Waals surface area contributed by atoms with Crippen LogP contribution in [-0.4, -0.2) is 27.8 Å². The highest BCUT2D eigenvalue weighted by molar-refractivity contribution is 6.30. The molecule has 6 nitrogen and oxygen atoms in total. The van der Waals surface area contributed by atoms with Crippen LogP contribution in [0.15, 0.2) is 72.8 Å². The normalized spacial score (nSPS) is 10.7. The molecule has 0 bridgehead atoms. The number of aromatic nitrogens is 3. The van der Waals surface area contributed by atoms with E-state index in [2.05, 4.69) is 15.4 Å². The summed E-state index contributed by atoms with van der Waals surface area (Å²) in [6, 6.07) is 22.3. The van der Waals surface area contributed by atoms with E-state index in [0.717, 1.165) is 22.4 Å². The second-order valence-electron chi connectivity index (χ2n) is 7.05. The molecule has 1 heterocycles. The standard InChI is InChI=1S/C24H21ClN4O2/c1-16-4-3-5-19(14-16)23(30)29-24(26-15-17-6-10-20(25)11-7-17)27-22(28-29)18-8-12-21(31-2)13-9-18/h3-14H,15H2,1-2H3,(H,26,27,28). The number of carbonyl (C=O) groups is 1. The van der Waals surface area contributed by atoms with Gasteiger partial charge >= 0.3 is 0 Å². The Morgan fingerprint density at radius 3 is 2.48 bits per heavy atom. The predicted octanol–water partition coefficient (Wildman–Crippen LogP) is 5.22. The van der Waals surface area contributed by atoms with Crippen molar-refractivity contribution < 1.29 is 9.53 Å². The minimum Gasteiger partial charge on any atom is -0.497 e. The van der Waals surface area contributed by atoms with Gasteiger partial charge in [-0.2, -0.15) is 9.67 Å². The second-order valence-corrected chi connectivity index (χ2v) is 7.49. The maximum atomic E-state index is 13.2. The molecule has 0 fully saturated rings. The van der Waals surface area contributed by atoms with Gasteiger partial charge in [0, 0.05) is 22.7 Å². The molecule has 0 saturated carbocycles. The van der Waals surface area contributed by atoms with Crippen molar-refractivity contribution in [2.45, 2.75) is 13.5 Å². The summed E-state index contributed by atoms with van der Waals surface area (Å²) in [5, 5.41) is 8.40. The van der Waals surface area contributed by atoms with Gasteiger partial charge in [-0.1, -0.05) is 41.4 Å². The number of hydrogen-bond donors (Lipinski definition) is 1. The lowest BCUT2D eigenvalue weighted by molar-refractivity contribution is 0.0947. The van der Waals surface area contributed by atoms with Gasteiger partial charge in [0.2, 0.25) is 5.95 Å². The molecule has 0 aliphatic heterocycles. The van der Waals surface area contributed by atoms with E-state index >= 15 is 0 Å². The Labute approximate surface area is 185 Å². The first kappa shape index (κ1) is 20.6. The number of hydrogen-bond acceptors (Lipinski definition) is 5. The molecule has 0 atom stereocenters. The molecule has 1 aromatic heterocycles. The first-order valence-corrected chi connectivity index (χ1v) is 10.1. The largest absolute Gasteiger partial charge is 0.497 e. The third-order valence-corrected chi connectivity index (χ3v) is 5.03. The second kappa shape index (κ2) is 9.02. The lowest BCUT2D eigenvalue weighted by atomic mass is 10.1. The van der Waals surface area contributed by atoms with E-state index < -0.39 is 0 Å². The van der Waals surface area contributed by atoms with Crippen molar-refractivity contribution in [2.75, 3.05) is 12.4 Å². The van der Waals surface area contributed by atoms with Gasteiger partial charge in [0.1, 0.15) is 5.75 Å². The number of ether oxygens (including phenoxy) is 1. The lowest BCUT2D eigenvalue weighted by Crippen LogP contribution is -2.17. The van der Waals surface area contributed by atoms with Crippen molar-refractivity contribution in [3.05, 3.63) is 94.5 Å². The average molecular weight is 433 g/mol. The Kier molecular flexibility index (Phi) is 6.00. The van der Waals surface area contributed by atoms with Gasteiger partial charge in [-0.15, -0.1) is 5.10 Å². The number of aryl methyl sites for hydroxylation is 1. The molecule has 0 spiro atoms. The van der Waals surface area contributed by atoms with Crippen molar-refractivity contribution in [3.8, 4) is 17.1 Å². The van der Waals surface area contributed by atoms with Crippen LogP contribution in [0.4, 0.5) is 5.95 Å². The first-order valence-electron chi connectivity index (χ1n) is 9.74. The Balaban J connectivity index is 1.68. The van der Waals surface area contributed by atoms with E-state index in [1.807, 2.05) is 73.7 Å². The zero-order valence-electron chi connectivity index (χ0n) is 17.2. The number of halogens is 1. The SMILES string of the molecule is COc1ccc(-c2nc(NCc3ccc(Cl)cc3)n(C(=O)c3cccc(C)c3)n2)cc1. The molecule has 0 radical (unpaired) electrons. The molecule has 0 unspecified atom stereocenters. The molecule has 3 aromatic carbocycles. The van der Waals surface area contributed by atoms with Crippen molar-refractivity contribution in [1.29, 1.82) is 0 Å². The summed E-state index contributed by atoms with van der Waals surface area (Å²) < 4.78 is 6.53. The van der Waals surface area contributed by atoms with E-state index in [0.29, 0.717) is 28.9 Å². The minimum atomic E-state index is -0.255. The molecule has 156 valence electrons. The van der Waals surface area contributed by atoms with Crippen LogP contribution in [0.5, 0.6) is 5.75 Å². The minimum absolute atomic E-state index is 0.255. The molecule has 7 heteroatoms. The van der Waals surface area contributed by atoms with Gasteiger partial charge in [-0.05, 0) is 61.0 Å². The summed E-state index contributed by atoms with van der Waals surface area (Å²) in [7, 11) is 1.61. The summed E-state index contributed by atoms with van der Waals surface area (Å²) in [5.74, 6) is 1.30. The van der Waals surface area contributed by atoms with Crippen LogP contribution in [0.2, 0.25) is 5.02 Å². The quantitative estimate of drug-likeness (QED) is 0.452. The Bertz CT molecular complexity index is 1200. The van der Waals surface area contributed by atoms with Gasteiger partial charge in [0.05, 0.1) is 7.11 Å². The van der Waals surface area contributed by atoms with Gasteiger partial charge < -0.3 is 10.1 Å². The number of benzene rings is 3. The summed E-state index contributed by atoms with van der Waals surface area (Å²) in [6.45, 7) is 2.42. The highest BCUT2D eigenvalue weighted by atomic mass is 35.5. The van der Waals surface area contributed by atoms with E-state index in [1.54, 1.807) is 13.2 Å². The van der Waals surface area contributed by atoms with E-state index in [9.17, 15) is 4.79 Å². The number of rotatable bonds is 6. The zero-order valence-corrected chi connectivity index (χ0v) is 17.9. The summed E-state index contributed by atoms with van der Waals surface area (Å²) in [5.41, 5.74) is 3.33. The zero-order chi connectivity index (χ0) is 21.8. The van der Waals surface area contributed by atoms with Crippen molar-refractivity contribution >= 4 is 23.5 Å². The molecule has 0 amide bonds.